The Labute approximate surface area is 165 Å². The lowest BCUT2D eigenvalue weighted by molar-refractivity contribution is -0.118. The fraction of sp³-hybridized carbons (Fsp3) is 0.435. The van der Waals surface area contributed by atoms with Crippen molar-refractivity contribution in [3.63, 3.8) is 0 Å². The van der Waals surface area contributed by atoms with E-state index in [-0.39, 0.29) is 17.1 Å². The third-order valence-corrected chi connectivity index (χ3v) is 5.88. The van der Waals surface area contributed by atoms with Gasteiger partial charge in [-0.15, -0.1) is 0 Å². The number of aryl methyl sites for hydroxylation is 2. The Morgan fingerprint density at radius 2 is 1.89 bits per heavy atom. The molecule has 0 N–H and O–H groups in total. The van der Waals surface area contributed by atoms with Crippen molar-refractivity contribution >= 4 is 11.6 Å². The van der Waals surface area contributed by atoms with E-state index in [1.165, 1.54) is 28.8 Å². The molecule has 1 amide bonds. The van der Waals surface area contributed by atoms with Crippen LogP contribution >= 0.6 is 0 Å². The largest absolute Gasteiger partial charge is 0.379 e. The molecule has 0 unspecified atom stereocenters. The van der Waals surface area contributed by atoms with Gasteiger partial charge in [0, 0.05) is 43.7 Å². The number of hydrogen-bond donors (Lipinski definition) is 0. The van der Waals surface area contributed by atoms with Gasteiger partial charge in [-0.2, -0.15) is 0 Å². The third-order valence-electron chi connectivity index (χ3n) is 5.88. The molecule has 4 nitrogen and oxygen atoms in total. The van der Waals surface area contributed by atoms with Crippen molar-refractivity contribution in [2.45, 2.75) is 26.8 Å². The minimum atomic E-state index is -0.289. The molecule has 0 bridgehead atoms. The number of nitrogens with zero attached hydrogens (tertiary/aromatic N) is 2. The lowest BCUT2D eigenvalue weighted by Crippen LogP contribution is -2.40. The topological polar surface area (TPSA) is 32.8 Å². The standard InChI is InChI=1S/C23H27FN2O2/c1-17-3-4-18(2)19(11-17)13-25-9-10-28-16-23(14-25)12-22(27)26(15-23)21-7-5-20(24)6-8-21/h3-8,11H,9-10,12-16H2,1-2H3/t23-/m1/s1. The first-order chi connectivity index (χ1) is 13.4. The quantitative estimate of drug-likeness (QED) is 0.812. The van der Waals surface area contributed by atoms with Gasteiger partial charge in [0.2, 0.25) is 5.91 Å². The molecule has 2 aromatic rings. The van der Waals surface area contributed by atoms with Crippen LogP contribution in [-0.4, -0.2) is 43.7 Å². The monoisotopic (exact) mass is 382 g/mol. The van der Waals surface area contributed by atoms with Gasteiger partial charge < -0.3 is 9.64 Å². The maximum absolute atomic E-state index is 13.3. The Hall–Kier alpha value is -2.24. The normalized spacial score (nSPS) is 23.4. The van der Waals surface area contributed by atoms with Crippen molar-refractivity contribution in [1.82, 2.24) is 4.90 Å². The van der Waals surface area contributed by atoms with Gasteiger partial charge in [0.15, 0.2) is 0 Å². The molecule has 2 aliphatic heterocycles. The van der Waals surface area contributed by atoms with Crippen LogP contribution in [0.2, 0.25) is 0 Å². The van der Waals surface area contributed by atoms with Crippen molar-refractivity contribution in [1.29, 1.82) is 0 Å². The zero-order chi connectivity index (χ0) is 19.7. The predicted octanol–water partition coefficient (Wildman–Crippen LogP) is 3.70. The Morgan fingerprint density at radius 1 is 1.11 bits per heavy atom. The van der Waals surface area contributed by atoms with Gasteiger partial charge in [-0.05, 0) is 49.2 Å². The van der Waals surface area contributed by atoms with Crippen LogP contribution in [-0.2, 0) is 16.1 Å². The molecule has 0 radical (unpaired) electrons. The molecule has 0 aromatic heterocycles. The Morgan fingerprint density at radius 3 is 2.68 bits per heavy atom. The molecule has 2 aliphatic rings. The minimum absolute atomic E-state index is 0.0868. The van der Waals surface area contributed by atoms with E-state index in [1.54, 1.807) is 17.0 Å². The average Bonchev–Trinajstić information content (AvgIpc) is 2.85. The molecule has 1 atom stereocenters. The summed E-state index contributed by atoms with van der Waals surface area (Å²) in [5, 5.41) is 0. The van der Waals surface area contributed by atoms with Crippen molar-refractivity contribution in [2.75, 3.05) is 37.7 Å². The van der Waals surface area contributed by atoms with Gasteiger partial charge in [-0.1, -0.05) is 23.8 Å². The molecule has 4 rings (SSSR count). The van der Waals surface area contributed by atoms with E-state index in [0.717, 1.165) is 25.3 Å². The van der Waals surface area contributed by atoms with Crippen LogP contribution in [0.5, 0.6) is 0 Å². The summed E-state index contributed by atoms with van der Waals surface area (Å²) in [6.45, 7) is 8.69. The molecule has 2 saturated heterocycles. The van der Waals surface area contributed by atoms with Crippen LogP contribution in [0.4, 0.5) is 10.1 Å². The molecule has 0 aliphatic carbocycles. The number of carbonyl (C=O) groups excluding carboxylic acids is 1. The Bertz CT molecular complexity index is 867. The van der Waals surface area contributed by atoms with E-state index in [4.69, 9.17) is 4.74 Å². The van der Waals surface area contributed by atoms with Crippen LogP contribution in [0.15, 0.2) is 42.5 Å². The fourth-order valence-corrected chi connectivity index (χ4v) is 4.38. The van der Waals surface area contributed by atoms with Gasteiger partial charge >= 0.3 is 0 Å². The SMILES string of the molecule is Cc1ccc(C)c(CN2CCOC[C@]3(CC(=O)N(c4ccc(F)cc4)C3)C2)c1. The van der Waals surface area contributed by atoms with Crippen LogP contribution in [0.25, 0.3) is 0 Å². The summed E-state index contributed by atoms with van der Waals surface area (Å²) in [4.78, 5) is 17.0. The summed E-state index contributed by atoms with van der Waals surface area (Å²) < 4.78 is 19.2. The molecule has 2 heterocycles. The maximum Gasteiger partial charge on any atom is 0.227 e. The van der Waals surface area contributed by atoms with Crippen LogP contribution in [0, 0.1) is 25.1 Å². The summed E-state index contributed by atoms with van der Waals surface area (Å²) in [6.07, 6.45) is 0.466. The highest BCUT2D eigenvalue weighted by Gasteiger charge is 2.46. The van der Waals surface area contributed by atoms with Crippen LogP contribution < -0.4 is 4.90 Å². The zero-order valence-corrected chi connectivity index (χ0v) is 16.6. The van der Waals surface area contributed by atoms with E-state index in [2.05, 4.69) is 36.9 Å². The Balaban J connectivity index is 1.53. The van der Waals surface area contributed by atoms with Gasteiger partial charge in [0.05, 0.1) is 13.2 Å². The number of carbonyl (C=O) groups is 1. The number of benzene rings is 2. The lowest BCUT2D eigenvalue weighted by atomic mass is 9.87. The summed E-state index contributed by atoms with van der Waals surface area (Å²) in [7, 11) is 0. The summed E-state index contributed by atoms with van der Waals surface area (Å²) in [5.74, 6) is -0.202. The maximum atomic E-state index is 13.3. The predicted molar refractivity (Wildman–Crippen MR) is 108 cm³/mol. The third kappa shape index (κ3) is 3.96. The highest BCUT2D eigenvalue weighted by molar-refractivity contribution is 5.96. The first-order valence-electron chi connectivity index (χ1n) is 9.86. The lowest BCUT2D eigenvalue weighted by Gasteiger charge is -2.31. The number of anilines is 1. The second-order valence-corrected chi connectivity index (χ2v) is 8.33. The van der Waals surface area contributed by atoms with Crippen molar-refractivity contribution < 1.29 is 13.9 Å². The second-order valence-electron chi connectivity index (χ2n) is 8.33. The first-order valence-corrected chi connectivity index (χ1v) is 9.86. The van der Waals surface area contributed by atoms with Crippen LogP contribution in [0.3, 0.4) is 0 Å². The minimum Gasteiger partial charge on any atom is -0.379 e. The van der Waals surface area contributed by atoms with Crippen LogP contribution in [0.1, 0.15) is 23.1 Å². The Kier molecular flexibility index (Phi) is 5.21. The number of amides is 1. The first kappa shape index (κ1) is 19.1. The highest BCUT2D eigenvalue weighted by Crippen LogP contribution is 2.37. The fourth-order valence-electron chi connectivity index (χ4n) is 4.38. The van der Waals surface area contributed by atoms with Crippen molar-refractivity contribution in [2.24, 2.45) is 5.41 Å². The number of ether oxygens (including phenoxy) is 1. The number of halogens is 1. The smallest absolute Gasteiger partial charge is 0.227 e. The zero-order valence-electron chi connectivity index (χ0n) is 16.6. The molecular formula is C23H27FN2O2. The average molecular weight is 382 g/mol. The molecule has 2 fully saturated rings. The number of rotatable bonds is 3. The van der Waals surface area contributed by atoms with Crippen molar-refractivity contribution in [3.8, 4) is 0 Å². The molecule has 28 heavy (non-hydrogen) atoms. The van der Waals surface area contributed by atoms with Gasteiger partial charge in [0.25, 0.3) is 0 Å². The van der Waals surface area contributed by atoms with Gasteiger partial charge in [-0.3, -0.25) is 9.69 Å². The van der Waals surface area contributed by atoms with E-state index >= 15 is 0 Å². The second kappa shape index (κ2) is 7.64. The van der Waals surface area contributed by atoms with Gasteiger partial charge in [0.1, 0.15) is 5.82 Å². The molecule has 148 valence electrons. The van der Waals surface area contributed by atoms with E-state index in [9.17, 15) is 9.18 Å². The molecular weight excluding hydrogens is 355 g/mol. The van der Waals surface area contributed by atoms with E-state index in [0.29, 0.717) is 26.2 Å². The van der Waals surface area contributed by atoms with E-state index in [1.807, 2.05) is 0 Å². The molecule has 2 aromatic carbocycles. The number of hydrogen-bond acceptors (Lipinski definition) is 3. The highest BCUT2D eigenvalue weighted by atomic mass is 19.1. The summed E-state index contributed by atoms with van der Waals surface area (Å²) in [6, 6.07) is 12.7. The summed E-state index contributed by atoms with van der Waals surface area (Å²) >= 11 is 0. The van der Waals surface area contributed by atoms with Gasteiger partial charge in [-0.25, -0.2) is 4.39 Å². The molecule has 0 saturated carbocycles. The van der Waals surface area contributed by atoms with E-state index < -0.39 is 0 Å². The molecule has 5 heteroatoms. The molecule has 1 spiro atoms. The van der Waals surface area contributed by atoms with Crippen molar-refractivity contribution in [3.05, 3.63) is 65.0 Å². The summed E-state index contributed by atoms with van der Waals surface area (Å²) in [5.41, 5.74) is 4.42.